The summed E-state index contributed by atoms with van der Waals surface area (Å²) >= 11 is 0. The molecule has 1 aromatic rings. The van der Waals surface area contributed by atoms with Gasteiger partial charge in [0.1, 0.15) is 0 Å². The first kappa shape index (κ1) is 6.91. The lowest BCUT2D eigenvalue weighted by Crippen LogP contribution is -2.12. The van der Waals surface area contributed by atoms with Crippen molar-refractivity contribution in [1.29, 1.82) is 5.41 Å². The van der Waals surface area contributed by atoms with Crippen LogP contribution in [0.3, 0.4) is 0 Å². The SMILES string of the molecule is N=C1C=CC(=O)c2cccnc21. The minimum atomic E-state index is -0.0749. The topological polar surface area (TPSA) is 53.8 Å². The summed E-state index contributed by atoms with van der Waals surface area (Å²) in [5, 5.41) is 7.46. The van der Waals surface area contributed by atoms with Crippen LogP contribution >= 0.6 is 0 Å². The van der Waals surface area contributed by atoms with Gasteiger partial charge in [0, 0.05) is 11.8 Å². The number of nitrogens with one attached hydrogen (secondary N) is 1. The third kappa shape index (κ3) is 0.871. The molecule has 0 amide bonds. The van der Waals surface area contributed by atoms with Crippen molar-refractivity contribution < 1.29 is 4.79 Å². The highest BCUT2D eigenvalue weighted by atomic mass is 16.1. The molecule has 0 aromatic carbocycles. The van der Waals surface area contributed by atoms with Gasteiger partial charge in [0.2, 0.25) is 0 Å². The van der Waals surface area contributed by atoms with Crippen LogP contribution in [-0.2, 0) is 0 Å². The lowest BCUT2D eigenvalue weighted by atomic mass is 10.00. The molecule has 0 radical (unpaired) electrons. The summed E-state index contributed by atoms with van der Waals surface area (Å²) in [4.78, 5) is 15.2. The van der Waals surface area contributed by atoms with Crippen molar-refractivity contribution in [3.8, 4) is 0 Å². The number of carbonyl (C=O) groups excluding carboxylic acids is 1. The zero-order valence-corrected chi connectivity index (χ0v) is 6.24. The molecule has 0 unspecified atom stereocenters. The first-order chi connectivity index (χ1) is 5.79. The van der Waals surface area contributed by atoms with Gasteiger partial charge in [-0.2, -0.15) is 0 Å². The van der Waals surface area contributed by atoms with Gasteiger partial charge < -0.3 is 0 Å². The highest BCUT2D eigenvalue weighted by molar-refractivity contribution is 6.21. The van der Waals surface area contributed by atoms with Gasteiger partial charge in [-0.05, 0) is 24.3 Å². The average Bonchev–Trinajstić information content (AvgIpc) is 2.12. The molecule has 0 fully saturated rings. The van der Waals surface area contributed by atoms with Crippen molar-refractivity contribution in [2.24, 2.45) is 0 Å². The number of nitrogens with zero attached hydrogens (tertiary/aromatic N) is 1. The quantitative estimate of drug-likeness (QED) is 0.616. The fourth-order valence-corrected chi connectivity index (χ4v) is 1.15. The Hall–Kier alpha value is -1.77. The smallest absolute Gasteiger partial charge is 0.188 e. The van der Waals surface area contributed by atoms with E-state index in [1.165, 1.54) is 12.2 Å². The third-order valence-electron chi connectivity index (χ3n) is 1.73. The molecule has 2 rings (SSSR count). The summed E-state index contributed by atoms with van der Waals surface area (Å²) in [7, 11) is 0. The van der Waals surface area contributed by atoms with Crippen molar-refractivity contribution in [1.82, 2.24) is 4.98 Å². The Morgan fingerprint density at radius 3 is 2.92 bits per heavy atom. The first-order valence-corrected chi connectivity index (χ1v) is 3.55. The molecule has 1 N–H and O–H groups in total. The number of ketones is 1. The van der Waals surface area contributed by atoms with Crippen LogP contribution in [0.1, 0.15) is 16.1 Å². The predicted octanol–water partition coefficient (Wildman–Crippen LogP) is 1.20. The Morgan fingerprint density at radius 1 is 1.33 bits per heavy atom. The van der Waals surface area contributed by atoms with Gasteiger partial charge in [0.05, 0.1) is 11.4 Å². The number of carbonyl (C=O) groups is 1. The lowest BCUT2D eigenvalue weighted by Gasteiger charge is -2.07. The normalized spacial score (nSPS) is 14.7. The minimum absolute atomic E-state index is 0.0749. The number of hydrogen-bond acceptors (Lipinski definition) is 3. The molecule has 3 nitrogen and oxygen atoms in total. The second-order valence-corrected chi connectivity index (χ2v) is 2.51. The number of pyridine rings is 1. The van der Waals surface area contributed by atoms with Gasteiger partial charge in [-0.1, -0.05) is 0 Å². The van der Waals surface area contributed by atoms with E-state index in [-0.39, 0.29) is 5.78 Å². The maximum atomic E-state index is 11.2. The van der Waals surface area contributed by atoms with Crippen LogP contribution in [0, 0.1) is 5.41 Å². The van der Waals surface area contributed by atoms with Gasteiger partial charge in [0.25, 0.3) is 0 Å². The van der Waals surface area contributed by atoms with E-state index in [1.807, 2.05) is 0 Å². The maximum Gasteiger partial charge on any atom is 0.188 e. The molecule has 0 saturated heterocycles. The molecule has 1 aliphatic rings. The highest BCUT2D eigenvalue weighted by Gasteiger charge is 2.16. The molecule has 12 heavy (non-hydrogen) atoms. The van der Waals surface area contributed by atoms with Crippen molar-refractivity contribution in [2.45, 2.75) is 0 Å². The number of allylic oxidation sites excluding steroid dienone is 2. The van der Waals surface area contributed by atoms with Crippen LogP contribution in [0.15, 0.2) is 30.5 Å². The number of aromatic nitrogens is 1. The summed E-state index contributed by atoms with van der Waals surface area (Å²) in [6.07, 6.45) is 4.45. The molecule has 58 valence electrons. The van der Waals surface area contributed by atoms with E-state index in [9.17, 15) is 4.79 Å². The largest absolute Gasteiger partial charge is 0.299 e. The van der Waals surface area contributed by atoms with E-state index in [2.05, 4.69) is 4.98 Å². The number of hydrogen-bond donors (Lipinski definition) is 1. The van der Waals surface area contributed by atoms with Crippen molar-refractivity contribution in [3.05, 3.63) is 41.7 Å². The standard InChI is InChI=1S/C9H6N2O/c10-7-3-4-8(12)6-2-1-5-11-9(6)7/h1-5,10H. The van der Waals surface area contributed by atoms with E-state index in [0.717, 1.165) is 0 Å². The van der Waals surface area contributed by atoms with Crippen molar-refractivity contribution in [3.63, 3.8) is 0 Å². The Bertz CT molecular complexity index is 356. The lowest BCUT2D eigenvalue weighted by molar-refractivity contribution is 0.104. The Morgan fingerprint density at radius 2 is 2.17 bits per heavy atom. The second-order valence-electron chi connectivity index (χ2n) is 2.51. The van der Waals surface area contributed by atoms with Crippen LogP contribution in [-0.4, -0.2) is 16.5 Å². The molecular formula is C9H6N2O. The third-order valence-corrected chi connectivity index (χ3v) is 1.73. The number of rotatable bonds is 0. The van der Waals surface area contributed by atoms with Gasteiger partial charge in [-0.15, -0.1) is 0 Å². The minimum Gasteiger partial charge on any atom is -0.299 e. The van der Waals surface area contributed by atoms with E-state index in [4.69, 9.17) is 5.41 Å². The molecule has 0 atom stereocenters. The molecule has 3 heteroatoms. The summed E-state index contributed by atoms with van der Waals surface area (Å²) < 4.78 is 0. The van der Waals surface area contributed by atoms with Gasteiger partial charge in [0.15, 0.2) is 5.78 Å². The van der Waals surface area contributed by atoms with Gasteiger partial charge in [-0.3, -0.25) is 15.2 Å². The van der Waals surface area contributed by atoms with Crippen LogP contribution in [0.25, 0.3) is 0 Å². The zero-order valence-electron chi connectivity index (χ0n) is 6.24. The molecule has 0 saturated carbocycles. The van der Waals surface area contributed by atoms with Crippen LogP contribution in [0.2, 0.25) is 0 Å². The Balaban J connectivity index is 2.69. The number of fused-ring (bicyclic) bond motifs is 1. The van der Waals surface area contributed by atoms with Crippen molar-refractivity contribution >= 4 is 11.5 Å². The molecule has 0 aliphatic heterocycles. The average molecular weight is 158 g/mol. The summed E-state index contributed by atoms with van der Waals surface area (Å²) in [6.45, 7) is 0. The van der Waals surface area contributed by atoms with E-state index in [0.29, 0.717) is 17.0 Å². The second kappa shape index (κ2) is 2.37. The van der Waals surface area contributed by atoms with Gasteiger partial charge in [-0.25, -0.2) is 0 Å². The Kier molecular flexibility index (Phi) is 1.37. The van der Waals surface area contributed by atoms with Crippen LogP contribution in [0.5, 0.6) is 0 Å². The monoisotopic (exact) mass is 158 g/mol. The van der Waals surface area contributed by atoms with Crippen LogP contribution < -0.4 is 0 Å². The van der Waals surface area contributed by atoms with E-state index < -0.39 is 0 Å². The molecule has 1 heterocycles. The fraction of sp³-hybridized carbons (Fsp3) is 0. The maximum absolute atomic E-state index is 11.2. The summed E-state index contributed by atoms with van der Waals surface area (Å²) in [5.41, 5.74) is 1.29. The molecule has 0 spiro atoms. The molecular weight excluding hydrogens is 152 g/mol. The Labute approximate surface area is 69.3 Å². The fourth-order valence-electron chi connectivity index (χ4n) is 1.15. The molecule has 0 bridgehead atoms. The van der Waals surface area contributed by atoms with E-state index >= 15 is 0 Å². The molecule has 1 aromatic heterocycles. The zero-order chi connectivity index (χ0) is 8.55. The molecule has 1 aliphatic carbocycles. The highest BCUT2D eigenvalue weighted by Crippen LogP contribution is 2.12. The summed E-state index contributed by atoms with van der Waals surface area (Å²) in [5.74, 6) is -0.0749. The first-order valence-electron chi connectivity index (χ1n) is 3.55. The predicted molar refractivity (Wildman–Crippen MR) is 44.5 cm³/mol. The van der Waals surface area contributed by atoms with Gasteiger partial charge >= 0.3 is 0 Å². The van der Waals surface area contributed by atoms with Crippen molar-refractivity contribution in [2.75, 3.05) is 0 Å². The van der Waals surface area contributed by atoms with E-state index in [1.54, 1.807) is 18.3 Å². The van der Waals surface area contributed by atoms with Crippen LogP contribution in [0.4, 0.5) is 0 Å². The summed E-state index contributed by atoms with van der Waals surface area (Å²) in [6, 6.07) is 3.38.